The Kier molecular flexibility index (Phi) is 4.47. The lowest BCUT2D eigenvalue weighted by atomic mass is 10.00. The van der Waals surface area contributed by atoms with Crippen LogP contribution in [0.1, 0.15) is 30.0 Å². The molecule has 0 saturated heterocycles. The van der Waals surface area contributed by atoms with Crippen LogP contribution < -0.4 is 11.5 Å². The third kappa shape index (κ3) is 3.67. The van der Waals surface area contributed by atoms with E-state index in [1.807, 2.05) is 0 Å². The second kappa shape index (κ2) is 5.46. The maximum absolute atomic E-state index is 13.0. The van der Waals surface area contributed by atoms with Gasteiger partial charge in [-0.15, -0.1) is 0 Å². The van der Waals surface area contributed by atoms with E-state index < -0.39 is 23.6 Å². The third-order valence-corrected chi connectivity index (χ3v) is 2.44. The summed E-state index contributed by atoms with van der Waals surface area (Å²) in [6.07, 6.45) is -3.62. The van der Waals surface area contributed by atoms with Crippen LogP contribution in [0, 0.1) is 5.82 Å². The maximum atomic E-state index is 13.0. The molecule has 0 bridgehead atoms. The Morgan fingerprint density at radius 3 is 2.41 bits per heavy atom. The first-order chi connectivity index (χ1) is 7.86. The van der Waals surface area contributed by atoms with E-state index >= 15 is 0 Å². The van der Waals surface area contributed by atoms with E-state index in [1.54, 1.807) is 0 Å². The van der Waals surface area contributed by atoms with Crippen molar-refractivity contribution in [1.82, 2.24) is 0 Å². The van der Waals surface area contributed by atoms with Crippen molar-refractivity contribution < 1.29 is 17.6 Å². The molecular weight excluding hydrogens is 236 g/mol. The molecule has 1 atom stereocenters. The molecule has 0 amide bonds. The zero-order chi connectivity index (χ0) is 13.1. The predicted octanol–water partition coefficient (Wildman–Crippen LogP) is 2.58. The summed E-state index contributed by atoms with van der Waals surface area (Å²) in [7, 11) is 0. The second-order valence-electron chi connectivity index (χ2n) is 3.77. The Morgan fingerprint density at radius 1 is 1.24 bits per heavy atom. The highest BCUT2D eigenvalue weighted by Crippen LogP contribution is 2.33. The SMILES string of the molecule is NCCC[C@H](N)c1ccc(F)c(C(F)(F)F)c1. The van der Waals surface area contributed by atoms with Crippen LogP contribution in [0.3, 0.4) is 0 Å². The van der Waals surface area contributed by atoms with Crippen molar-refractivity contribution in [3.8, 4) is 0 Å². The first kappa shape index (κ1) is 13.9. The quantitative estimate of drug-likeness (QED) is 0.807. The Morgan fingerprint density at radius 2 is 1.88 bits per heavy atom. The smallest absolute Gasteiger partial charge is 0.330 e. The van der Waals surface area contributed by atoms with Gasteiger partial charge in [-0.3, -0.25) is 0 Å². The summed E-state index contributed by atoms with van der Waals surface area (Å²) in [5, 5.41) is 0. The summed E-state index contributed by atoms with van der Waals surface area (Å²) in [5.74, 6) is -1.28. The van der Waals surface area contributed by atoms with E-state index in [0.717, 1.165) is 12.1 Å². The fraction of sp³-hybridized carbons (Fsp3) is 0.455. The highest BCUT2D eigenvalue weighted by molar-refractivity contribution is 5.29. The molecule has 0 saturated carbocycles. The highest BCUT2D eigenvalue weighted by Gasteiger charge is 2.34. The first-order valence-corrected chi connectivity index (χ1v) is 5.18. The van der Waals surface area contributed by atoms with Crippen LogP contribution in [0.4, 0.5) is 17.6 Å². The van der Waals surface area contributed by atoms with Crippen LogP contribution in [-0.4, -0.2) is 6.54 Å². The number of halogens is 4. The fourth-order valence-electron chi connectivity index (χ4n) is 1.50. The van der Waals surface area contributed by atoms with Gasteiger partial charge in [0.15, 0.2) is 0 Å². The van der Waals surface area contributed by atoms with Crippen LogP contribution >= 0.6 is 0 Å². The van der Waals surface area contributed by atoms with Gasteiger partial charge in [-0.2, -0.15) is 13.2 Å². The van der Waals surface area contributed by atoms with Gasteiger partial charge in [-0.05, 0) is 37.1 Å². The molecule has 17 heavy (non-hydrogen) atoms. The van der Waals surface area contributed by atoms with Crippen LogP contribution in [0.25, 0.3) is 0 Å². The van der Waals surface area contributed by atoms with Crippen LogP contribution in [0.2, 0.25) is 0 Å². The molecule has 0 aromatic heterocycles. The molecule has 0 aliphatic heterocycles. The molecule has 96 valence electrons. The topological polar surface area (TPSA) is 52.0 Å². The molecule has 0 fully saturated rings. The fourth-order valence-corrected chi connectivity index (χ4v) is 1.50. The van der Waals surface area contributed by atoms with Gasteiger partial charge in [-0.1, -0.05) is 6.07 Å². The van der Waals surface area contributed by atoms with Crippen LogP contribution in [-0.2, 0) is 6.18 Å². The zero-order valence-electron chi connectivity index (χ0n) is 9.10. The van der Waals surface area contributed by atoms with Crippen LogP contribution in [0.5, 0.6) is 0 Å². The predicted molar refractivity (Wildman–Crippen MR) is 56.6 cm³/mol. The van der Waals surface area contributed by atoms with E-state index in [-0.39, 0.29) is 5.56 Å². The van der Waals surface area contributed by atoms with Crippen molar-refractivity contribution in [2.75, 3.05) is 6.54 Å². The lowest BCUT2D eigenvalue weighted by Crippen LogP contribution is -2.15. The first-order valence-electron chi connectivity index (χ1n) is 5.18. The highest BCUT2D eigenvalue weighted by atomic mass is 19.4. The van der Waals surface area contributed by atoms with Gasteiger partial charge in [0.25, 0.3) is 0 Å². The Balaban J connectivity index is 2.96. The summed E-state index contributed by atoms with van der Waals surface area (Å²) in [6, 6.07) is 2.27. The molecule has 2 nitrogen and oxygen atoms in total. The molecule has 0 aliphatic carbocycles. The van der Waals surface area contributed by atoms with Crippen molar-refractivity contribution in [2.24, 2.45) is 11.5 Å². The second-order valence-corrected chi connectivity index (χ2v) is 3.77. The van der Waals surface area contributed by atoms with E-state index in [1.165, 1.54) is 6.07 Å². The summed E-state index contributed by atoms with van der Waals surface area (Å²) >= 11 is 0. The van der Waals surface area contributed by atoms with Gasteiger partial charge in [0.2, 0.25) is 0 Å². The normalized spacial score (nSPS) is 13.8. The molecule has 4 N–H and O–H groups in total. The molecule has 1 aromatic rings. The molecule has 0 heterocycles. The van der Waals surface area contributed by atoms with Gasteiger partial charge < -0.3 is 11.5 Å². The lowest BCUT2D eigenvalue weighted by Gasteiger charge is -2.14. The van der Waals surface area contributed by atoms with E-state index in [9.17, 15) is 17.6 Å². The number of hydrogen-bond donors (Lipinski definition) is 2. The molecule has 1 rings (SSSR count). The summed E-state index contributed by atoms with van der Waals surface area (Å²) < 4.78 is 50.3. The minimum atomic E-state index is -4.70. The Hall–Kier alpha value is -1.14. The molecular formula is C11H14F4N2. The van der Waals surface area contributed by atoms with Crippen molar-refractivity contribution >= 4 is 0 Å². The maximum Gasteiger partial charge on any atom is 0.419 e. The minimum absolute atomic E-state index is 0.271. The Labute approximate surface area is 96.6 Å². The largest absolute Gasteiger partial charge is 0.419 e. The third-order valence-electron chi connectivity index (χ3n) is 2.44. The number of hydrogen-bond acceptors (Lipinski definition) is 2. The van der Waals surface area contributed by atoms with Gasteiger partial charge in [-0.25, -0.2) is 4.39 Å². The minimum Gasteiger partial charge on any atom is -0.330 e. The number of nitrogens with two attached hydrogens (primary N) is 2. The standard InChI is InChI=1S/C11H14F4N2/c12-9-4-3-7(10(17)2-1-5-16)6-8(9)11(13,14)15/h3-4,6,10H,1-2,5,16-17H2/t10-/m0/s1. The number of alkyl halides is 3. The van der Waals surface area contributed by atoms with Crippen molar-refractivity contribution in [3.63, 3.8) is 0 Å². The lowest BCUT2D eigenvalue weighted by molar-refractivity contribution is -0.140. The van der Waals surface area contributed by atoms with Gasteiger partial charge in [0.05, 0.1) is 5.56 Å². The molecule has 1 aromatic carbocycles. The van der Waals surface area contributed by atoms with Crippen molar-refractivity contribution in [2.45, 2.75) is 25.1 Å². The summed E-state index contributed by atoms with van der Waals surface area (Å²) in [6.45, 7) is 0.418. The van der Waals surface area contributed by atoms with Crippen molar-refractivity contribution in [1.29, 1.82) is 0 Å². The average molecular weight is 250 g/mol. The van der Waals surface area contributed by atoms with Gasteiger partial charge in [0.1, 0.15) is 5.82 Å². The Bertz CT molecular complexity index is 376. The number of benzene rings is 1. The van der Waals surface area contributed by atoms with Crippen molar-refractivity contribution in [3.05, 3.63) is 35.1 Å². The van der Waals surface area contributed by atoms with Gasteiger partial charge in [0, 0.05) is 6.04 Å². The van der Waals surface area contributed by atoms with E-state index in [0.29, 0.717) is 19.4 Å². The molecule has 0 spiro atoms. The monoisotopic (exact) mass is 250 g/mol. The van der Waals surface area contributed by atoms with Gasteiger partial charge >= 0.3 is 6.18 Å². The molecule has 6 heteroatoms. The summed E-state index contributed by atoms with van der Waals surface area (Å²) in [4.78, 5) is 0. The summed E-state index contributed by atoms with van der Waals surface area (Å²) in [5.41, 5.74) is 9.97. The molecule has 0 unspecified atom stereocenters. The van der Waals surface area contributed by atoms with E-state index in [2.05, 4.69) is 0 Å². The van der Waals surface area contributed by atoms with E-state index in [4.69, 9.17) is 11.5 Å². The number of rotatable bonds is 4. The average Bonchev–Trinajstić information content (AvgIpc) is 2.25. The molecule has 0 radical (unpaired) electrons. The van der Waals surface area contributed by atoms with Crippen LogP contribution in [0.15, 0.2) is 18.2 Å². The molecule has 0 aliphatic rings. The zero-order valence-corrected chi connectivity index (χ0v) is 9.10.